The van der Waals surface area contributed by atoms with Gasteiger partial charge in [0.05, 0.1) is 52.0 Å². The highest BCUT2D eigenvalue weighted by Gasteiger charge is 2.23. The van der Waals surface area contributed by atoms with Crippen molar-refractivity contribution in [1.82, 2.24) is 5.32 Å². The molecule has 9 heteroatoms. The lowest BCUT2D eigenvalue weighted by Crippen LogP contribution is -2.45. The largest absolute Gasteiger partial charge is 0.756 e. The molecule has 1 amide bonds. The molecule has 0 aromatic carbocycles. The first-order valence-electron chi connectivity index (χ1n) is 24.5. The van der Waals surface area contributed by atoms with Gasteiger partial charge in [-0.05, 0) is 44.9 Å². The maximum absolute atomic E-state index is 12.9. The number of aliphatic hydroxyl groups is 1. The van der Waals surface area contributed by atoms with E-state index in [9.17, 15) is 19.4 Å². The van der Waals surface area contributed by atoms with Crippen LogP contribution in [0.3, 0.4) is 0 Å². The quantitative estimate of drug-likeness (QED) is 0.0284. The van der Waals surface area contributed by atoms with Gasteiger partial charge in [-0.1, -0.05) is 154 Å². The van der Waals surface area contributed by atoms with E-state index < -0.39 is 71.0 Å². The summed E-state index contributed by atoms with van der Waals surface area (Å²) in [5.41, 5.74) is 0. The molecule has 0 aromatic rings. The summed E-state index contributed by atoms with van der Waals surface area (Å²) < 4.78 is 89.4. The number of nitrogens with zero attached hydrogens (tertiary/aromatic N) is 1. The van der Waals surface area contributed by atoms with Gasteiger partial charge in [-0.2, -0.15) is 0 Å². The molecule has 2 N–H and O–H groups in total. The maximum Gasteiger partial charge on any atom is 0.268 e. The summed E-state index contributed by atoms with van der Waals surface area (Å²) in [5, 5.41) is 13.6. The molecule has 0 heterocycles. The third-order valence-electron chi connectivity index (χ3n) is 8.82. The molecule has 296 valence electrons. The van der Waals surface area contributed by atoms with E-state index in [1.54, 1.807) is 6.08 Å². The van der Waals surface area contributed by atoms with Crippen molar-refractivity contribution in [3.63, 3.8) is 0 Å². The standard InChI is InChI=1S/C41H81N2O6P/c1-6-8-10-12-14-16-18-20-21-23-25-27-29-31-33-35-41(45)42-39(38-49-50(46,47)48-37-36-43(3,4)5)40(44)34-32-30-28-26-24-22-19-17-15-13-11-9-7-2/h20-21,32,34,39-40,44H,6-19,22-31,33,35-38H2,1-5H3,(H-,42,45,46,47)/b21-20-,34-32+/t39-,40+/m0/s1/i3D3,4D3,5D3. The van der Waals surface area contributed by atoms with Gasteiger partial charge in [0.1, 0.15) is 13.2 Å². The molecule has 8 nitrogen and oxygen atoms in total. The molecular formula is C41H81N2O6P. The number of aliphatic hydroxyl groups excluding tert-OH is 1. The molecule has 0 bridgehead atoms. The zero-order chi connectivity index (χ0) is 44.7. The number of unbranched alkanes of at least 4 members (excludes halogenated alkanes) is 22. The maximum atomic E-state index is 12.9. The van der Waals surface area contributed by atoms with E-state index in [-0.39, 0.29) is 6.42 Å². The Labute approximate surface area is 322 Å². The predicted molar refractivity (Wildman–Crippen MR) is 210 cm³/mol. The Hall–Kier alpha value is -1.02. The lowest BCUT2D eigenvalue weighted by atomic mass is 10.0. The summed E-state index contributed by atoms with van der Waals surface area (Å²) in [6, 6.07) is -1.19. The summed E-state index contributed by atoms with van der Waals surface area (Å²) in [5.74, 6) is -0.397. The molecule has 3 atom stereocenters. The highest BCUT2D eigenvalue weighted by atomic mass is 31.2. The van der Waals surface area contributed by atoms with Crippen molar-refractivity contribution in [3.05, 3.63) is 24.3 Å². The smallest absolute Gasteiger partial charge is 0.268 e. The van der Waals surface area contributed by atoms with Gasteiger partial charge in [0.25, 0.3) is 7.82 Å². The molecule has 0 saturated heterocycles. The number of carbonyl (C=O) groups is 1. The van der Waals surface area contributed by atoms with E-state index in [0.29, 0.717) is 12.8 Å². The summed E-state index contributed by atoms with van der Waals surface area (Å²) in [7, 11) is -5.29. The van der Waals surface area contributed by atoms with Gasteiger partial charge >= 0.3 is 0 Å². The first-order valence-corrected chi connectivity index (χ1v) is 21.5. The molecule has 0 aliphatic carbocycles. The number of nitrogens with one attached hydrogen (secondary N) is 1. The number of quaternary nitrogens is 1. The van der Waals surface area contributed by atoms with Crippen LogP contribution >= 0.6 is 7.82 Å². The number of hydrogen-bond acceptors (Lipinski definition) is 6. The molecule has 0 radical (unpaired) electrons. The Kier molecular flexibility index (Phi) is 23.5. The van der Waals surface area contributed by atoms with Gasteiger partial charge in [0, 0.05) is 6.42 Å². The van der Waals surface area contributed by atoms with Crippen molar-refractivity contribution in [2.75, 3.05) is 40.7 Å². The minimum atomic E-state index is -5.29. The fourth-order valence-corrected chi connectivity index (χ4v) is 6.38. The first kappa shape index (κ1) is 34.7. The molecule has 1 unspecified atom stereocenters. The fraction of sp³-hybridized carbons (Fsp3) is 0.878. The van der Waals surface area contributed by atoms with Crippen molar-refractivity contribution >= 4 is 13.7 Å². The number of likely N-dealkylation sites (N-methyl/N-ethyl adjacent to an activating group) is 1. The van der Waals surface area contributed by atoms with Crippen LogP contribution in [0.2, 0.25) is 0 Å². The number of phosphoric acid groups is 1. The minimum absolute atomic E-state index is 0.161. The van der Waals surface area contributed by atoms with Crippen molar-refractivity contribution in [2.24, 2.45) is 0 Å². The van der Waals surface area contributed by atoms with Crippen LogP contribution in [0.25, 0.3) is 0 Å². The fourth-order valence-electron chi connectivity index (χ4n) is 5.66. The normalized spacial score (nSPS) is 18.2. The van der Waals surface area contributed by atoms with Crippen molar-refractivity contribution < 1.29 is 45.2 Å². The van der Waals surface area contributed by atoms with Crippen LogP contribution in [-0.4, -0.2) is 68.3 Å². The average Bonchev–Trinajstić information content (AvgIpc) is 3.13. The van der Waals surface area contributed by atoms with Crippen LogP contribution in [0.15, 0.2) is 24.3 Å². The number of allylic oxidation sites excluding steroid dienone is 3. The molecule has 0 aromatic heterocycles. The van der Waals surface area contributed by atoms with Crippen LogP contribution in [0.5, 0.6) is 0 Å². The van der Waals surface area contributed by atoms with E-state index in [1.807, 2.05) is 0 Å². The van der Waals surface area contributed by atoms with Crippen LogP contribution in [0.1, 0.15) is 193 Å². The van der Waals surface area contributed by atoms with E-state index >= 15 is 0 Å². The van der Waals surface area contributed by atoms with Gasteiger partial charge in [-0.3, -0.25) is 9.36 Å². The second-order valence-electron chi connectivity index (χ2n) is 13.9. The zero-order valence-corrected chi connectivity index (χ0v) is 32.7. The lowest BCUT2D eigenvalue weighted by Gasteiger charge is -2.29. The van der Waals surface area contributed by atoms with Gasteiger partial charge in [0.15, 0.2) is 0 Å². The Morgan fingerprint density at radius 2 is 1.16 bits per heavy atom. The molecule has 0 saturated carbocycles. The number of amides is 1. The third-order valence-corrected chi connectivity index (χ3v) is 9.78. The minimum Gasteiger partial charge on any atom is -0.756 e. The highest BCUT2D eigenvalue weighted by Crippen LogP contribution is 2.38. The van der Waals surface area contributed by atoms with Gasteiger partial charge in [-0.25, -0.2) is 0 Å². The average molecular weight is 738 g/mol. The topological polar surface area (TPSA) is 108 Å². The molecule has 0 spiro atoms. The molecule has 0 rings (SSSR count). The summed E-state index contributed by atoms with van der Waals surface area (Å²) in [4.78, 5) is 25.6. The number of hydrogen-bond donors (Lipinski definition) is 2. The predicted octanol–water partition coefficient (Wildman–Crippen LogP) is 10.3. The summed E-state index contributed by atoms with van der Waals surface area (Å²) in [6.45, 7) is -9.36. The van der Waals surface area contributed by atoms with Crippen LogP contribution in [0, 0.1) is 0 Å². The van der Waals surface area contributed by atoms with E-state index in [4.69, 9.17) is 21.4 Å². The third kappa shape index (κ3) is 35.4. The Morgan fingerprint density at radius 3 is 1.64 bits per heavy atom. The second-order valence-corrected chi connectivity index (χ2v) is 15.3. The molecule has 0 aliphatic rings. The highest BCUT2D eigenvalue weighted by molar-refractivity contribution is 7.45. The Balaban J connectivity index is 5.11. The summed E-state index contributed by atoms with van der Waals surface area (Å²) >= 11 is 0. The molecule has 50 heavy (non-hydrogen) atoms. The van der Waals surface area contributed by atoms with Gasteiger partial charge in [0.2, 0.25) is 5.91 Å². The van der Waals surface area contributed by atoms with Gasteiger partial charge in [-0.15, -0.1) is 0 Å². The number of carbonyl (C=O) groups excluding carboxylic acids is 1. The van der Waals surface area contributed by atoms with E-state index in [0.717, 1.165) is 57.8 Å². The molecular weight excluding hydrogens is 647 g/mol. The van der Waals surface area contributed by atoms with Crippen molar-refractivity contribution in [1.29, 1.82) is 0 Å². The Bertz CT molecular complexity index is 1130. The van der Waals surface area contributed by atoms with Crippen LogP contribution in [0.4, 0.5) is 0 Å². The second kappa shape index (κ2) is 33.8. The van der Waals surface area contributed by atoms with E-state index in [2.05, 4.69) is 31.3 Å². The van der Waals surface area contributed by atoms with Crippen LogP contribution in [-0.2, 0) is 18.4 Å². The molecule has 0 aliphatic heterocycles. The Morgan fingerprint density at radius 1 is 0.720 bits per heavy atom. The molecule has 0 fully saturated rings. The van der Waals surface area contributed by atoms with Gasteiger partial charge < -0.3 is 28.8 Å². The van der Waals surface area contributed by atoms with Crippen molar-refractivity contribution in [3.8, 4) is 0 Å². The van der Waals surface area contributed by atoms with Crippen LogP contribution < -0.4 is 10.2 Å². The van der Waals surface area contributed by atoms with Crippen molar-refractivity contribution in [2.45, 2.75) is 193 Å². The lowest BCUT2D eigenvalue weighted by molar-refractivity contribution is -0.870. The van der Waals surface area contributed by atoms with E-state index in [1.165, 1.54) is 96.0 Å². The number of phosphoric ester groups is 1. The zero-order valence-electron chi connectivity index (χ0n) is 40.9. The number of rotatable bonds is 37. The first-order chi connectivity index (χ1) is 27.8. The monoisotopic (exact) mass is 738 g/mol. The SMILES string of the molecule is [2H]C([2H])([2H])[N+](CCOP(=O)([O-])OC[C@H](NC(=O)CCCCCCC/C=C\CCCCCCCC)[C@H](O)/C=C/CCCCCCCCCCCCC)(C([2H])([2H])[2H])C([2H])([2H])[2H]. The summed E-state index contributed by atoms with van der Waals surface area (Å²) in [6.07, 6.45) is 35.0.